The van der Waals surface area contributed by atoms with Gasteiger partial charge < -0.3 is 11.1 Å². The Morgan fingerprint density at radius 2 is 2.05 bits per heavy atom. The SMILES string of the molecule is NCC1(C(=O)Nc2ccc(Cl)cc2C(F)(F)F)CCC1. The Kier molecular flexibility index (Phi) is 3.97. The average Bonchev–Trinajstić information content (AvgIpc) is 2.29. The van der Waals surface area contributed by atoms with Crippen LogP contribution < -0.4 is 11.1 Å². The van der Waals surface area contributed by atoms with Crippen molar-refractivity contribution in [1.29, 1.82) is 0 Å². The Morgan fingerprint density at radius 3 is 2.50 bits per heavy atom. The summed E-state index contributed by atoms with van der Waals surface area (Å²) in [5.41, 5.74) is 3.59. The van der Waals surface area contributed by atoms with Gasteiger partial charge in [0.1, 0.15) is 0 Å². The molecular weight excluding hydrogens is 293 g/mol. The van der Waals surface area contributed by atoms with E-state index >= 15 is 0 Å². The number of hydrogen-bond acceptors (Lipinski definition) is 2. The van der Waals surface area contributed by atoms with Crippen LogP contribution in [0.15, 0.2) is 18.2 Å². The number of nitrogens with two attached hydrogens (primary N) is 1. The van der Waals surface area contributed by atoms with Gasteiger partial charge in [0.25, 0.3) is 0 Å². The molecular formula is C13H14ClF3N2O. The Hall–Kier alpha value is -1.27. The number of rotatable bonds is 3. The molecule has 0 unspecified atom stereocenters. The van der Waals surface area contributed by atoms with E-state index in [1.165, 1.54) is 6.07 Å². The zero-order valence-electron chi connectivity index (χ0n) is 10.6. The van der Waals surface area contributed by atoms with Crippen LogP contribution in [-0.2, 0) is 11.0 Å². The smallest absolute Gasteiger partial charge is 0.329 e. The summed E-state index contributed by atoms with van der Waals surface area (Å²) in [6.07, 6.45) is -2.52. The number of alkyl halides is 3. The van der Waals surface area contributed by atoms with Crippen molar-refractivity contribution in [2.45, 2.75) is 25.4 Å². The third kappa shape index (κ3) is 2.76. The van der Waals surface area contributed by atoms with Crippen molar-refractivity contribution < 1.29 is 18.0 Å². The van der Waals surface area contributed by atoms with E-state index in [9.17, 15) is 18.0 Å². The molecule has 1 aliphatic rings. The molecule has 0 radical (unpaired) electrons. The molecule has 2 rings (SSSR count). The topological polar surface area (TPSA) is 55.1 Å². The van der Waals surface area contributed by atoms with Crippen LogP contribution >= 0.6 is 11.6 Å². The summed E-state index contributed by atoms with van der Waals surface area (Å²) < 4.78 is 38.8. The summed E-state index contributed by atoms with van der Waals surface area (Å²) in [5.74, 6) is -0.459. The van der Waals surface area contributed by atoms with E-state index in [-0.39, 0.29) is 17.3 Å². The van der Waals surface area contributed by atoms with Crippen molar-refractivity contribution in [2.24, 2.45) is 11.1 Å². The maximum absolute atomic E-state index is 12.9. The second-order valence-electron chi connectivity index (χ2n) is 4.98. The van der Waals surface area contributed by atoms with Crippen LogP contribution in [0.3, 0.4) is 0 Å². The van der Waals surface area contributed by atoms with Gasteiger partial charge in [0.05, 0.1) is 16.7 Å². The van der Waals surface area contributed by atoms with Gasteiger partial charge in [-0.25, -0.2) is 0 Å². The monoisotopic (exact) mass is 306 g/mol. The number of amides is 1. The molecule has 110 valence electrons. The van der Waals surface area contributed by atoms with Gasteiger partial charge in [-0.1, -0.05) is 18.0 Å². The van der Waals surface area contributed by atoms with Crippen molar-refractivity contribution >= 4 is 23.2 Å². The largest absolute Gasteiger partial charge is 0.418 e. The molecule has 7 heteroatoms. The van der Waals surface area contributed by atoms with Crippen LogP contribution in [0.2, 0.25) is 5.02 Å². The van der Waals surface area contributed by atoms with Crippen molar-refractivity contribution in [2.75, 3.05) is 11.9 Å². The highest BCUT2D eigenvalue weighted by Crippen LogP contribution is 2.42. The van der Waals surface area contributed by atoms with Crippen molar-refractivity contribution in [3.05, 3.63) is 28.8 Å². The standard InChI is InChI=1S/C13H14ClF3N2O/c14-8-2-3-10(9(6-8)13(15,16)17)19-11(20)12(7-18)4-1-5-12/h2-3,6H,1,4-5,7,18H2,(H,19,20). The van der Waals surface area contributed by atoms with Gasteiger partial charge in [-0.3, -0.25) is 4.79 Å². The highest BCUT2D eigenvalue weighted by molar-refractivity contribution is 6.30. The van der Waals surface area contributed by atoms with Gasteiger partial charge in [-0.05, 0) is 31.0 Å². The maximum Gasteiger partial charge on any atom is 0.418 e. The van der Waals surface area contributed by atoms with Crippen LogP contribution in [0.5, 0.6) is 0 Å². The second kappa shape index (κ2) is 5.26. The Morgan fingerprint density at radius 1 is 1.40 bits per heavy atom. The lowest BCUT2D eigenvalue weighted by molar-refractivity contribution is -0.137. The van der Waals surface area contributed by atoms with Gasteiger partial charge >= 0.3 is 6.18 Å². The first-order valence-corrected chi connectivity index (χ1v) is 6.54. The molecule has 1 aromatic rings. The zero-order valence-corrected chi connectivity index (χ0v) is 11.3. The molecule has 1 aliphatic carbocycles. The number of anilines is 1. The summed E-state index contributed by atoms with van der Waals surface area (Å²) in [6, 6.07) is 3.27. The molecule has 0 aliphatic heterocycles. The van der Waals surface area contributed by atoms with Crippen molar-refractivity contribution in [3.8, 4) is 0 Å². The lowest BCUT2D eigenvalue weighted by Gasteiger charge is -2.39. The molecule has 0 atom stereocenters. The predicted octanol–water partition coefficient (Wildman–Crippen LogP) is 3.43. The predicted molar refractivity (Wildman–Crippen MR) is 70.4 cm³/mol. The minimum Gasteiger partial charge on any atom is -0.329 e. The maximum atomic E-state index is 12.9. The van der Waals surface area contributed by atoms with E-state index in [2.05, 4.69) is 5.32 Å². The molecule has 0 spiro atoms. The minimum absolute atomic E-state index is 0.0347. The lowest BCUT2D eigenvalue weighted by Crippen LogP contribution is -2.47. The Labute approximate surface area is 119 Å². The molecule has 3 N–H and O–H groups in total. The highest BCUT2D eigenvalue weighted by atomic mass is 35.5. The molecule has 3 nitrogen and oxygen atoms in total. The summed E-state index contributed by atoms with van der Waals surface area (Å²) in [7, 11) is 0. The van der Waals surface area contributed by atoms with E-state index in [1.54, 1.807) is 0 Å². The molecule has 0 aromatic heterocycles. The number of hydrogen-bond donors (Lipinski definition) is 2. The van der Waals surface area contributed by atoms with Gasteiger partial charge in [-0.15, -0.1) is 0 Å². The summed E-state index contributed by atoms with van der Waals surface area (Å²) in [5, 5.41) is 2.31. The fourth-order valence-corrected chi connectivity index (χ4v) is 2.41. The highest BCUT2D eigenvalue weighted by Gasteiger charge is 2.43. The minimum atomic E-state index is -4.58. The molecule has 1 fully saturated rings. The van der Waals surface area contributed by atoms with Crippen LogP contribution in [0.4, 0.5) is 18.9 Å². The third-order valence-electron chi connectivity index (χ3n) is 3.72. The van der Waals surface area contributed by atoms with E-state index in [0.29, 0.717) is 12.8 Å². The van der Waals surface area contributed by atoms with Crippen LogP contribution in [0, 0.1) is 5.41 Å². The van der Waals surface area contributed by atoms with E-state index in [1.807, 2.05) is 0 Å². The van der Waals surface area contributed by atoms with E-state index in [0.717, 1.165) is 18.6 Å². The molecule has 20 heavy (non-hydrogen) atoms. The first-order valence-electron chi connectivity index (χ1n) is 6.17. The summed E-state index contributed by atoms with van der Waals surface area (Å²) >= 11 is 5.58. The molecule has 0 saturated heterocycles. The van der Waals surface area contributed by atoms with Crippen LogP contribution in [0.25, 0.3) is 0 Å². The fraction of sp³-hybridized carbons (Fsp3) is 0.462. The van der Waals surface area contributed by atoms with E-state index in [4.69, 9.17) is 17.3 Å². The van der Waals surface area contributed by atoms with Crippen molar-refractivity contribution in [1.82, 2.24) is 0 Å². The molecule has 1 saturated carbocycles. The van der Waals surface area contributed by atoms with Crippen LogP contribution in [-0.4, -0.2) is 12.5 Å². The third-order valence-corrected chi connectivity index (χ3v) is 3.95. The quantitative estimate of drug-likeness (QED) is 0.899. The lowest BCUT2D eigenvalue weighted by atomic mass is 9.68. The number of halogens is 4. The van der Waals surface area contributed by atoms with Crippen LogP contribution in [0.1, 0.15) is 24.8 Å². The van der Waals surface area contributed by atoms with Gasteiger partial charge in [0, 0.05) is 11.6 Å². The number of carbonyl (C=O) groups excluding carboxylic acids is 1. The molecule has 1 amide bonds. The molecule has 1 aromatic carbocycles. The average molecular weight is 307 g/mol. The summed E-state index contributed by atoms with van der Waals surface area (Å²) in [6.45, 7) is 0.133. The van der Waals surface area contributed by atoms with Crippen molar-refractivity contribution in [3.63, 3.8) is 0 Å². The van der Waals surface area contributed by atoms with Gasteiger partial charge in [-0.2, -0.15) is 13.2 Å². The first-order chi connectivity index (χ1) is 9.28. The molecule has 0 heterocycles. The zero-order chi connectivity index (χ0) is 15.0. The fourth-order valence-electron chi connectivity index (χ4n) is 2.24. The first kappa shape index (κ1) is 15.1. The number of carbonyl (C=O) groups is 1. The Balaban J connectivity index is 2.28. The Bertz CT molecular complexity index is 521. The normalized spacial score (nSPS) is 17.4. The van der Waals surface area contributed by atoms with E-state index < -0.39 is 23.1 Å². The van der Waals surface area contributed by atoms with Gasteiger partial charge in [0.2, 0.25) is 5.91 Å². The number of nitrogens with one attached hydrogen (secondary N) is 1. The molecule has 0 bridgehead atoms. The van der Waals surface area contributed by atoms with Gasteiger partial charge in [0.15, 0.2) is 0 Å². The number of benzene rings is 1. The second-order valence-corrected chi connectivity index (χ2v) is 5.42. The summed E-state index contributed by atoms with van der Waals surface area (Å²) in [4.78, 5) is 12.1.